The van der Waals surface area contributed by atoms with Gasteiger partial charge in [-0.1, -0.05) is 0 Å². The van der Waals surface area contributed by atoms with E-state index in [1.165, 1.54) is 24.3 Å². The summed E-state index contributed by atoms with van der Waals surface area (Å²) in [5, 5.41) is 0. The first kappa shape index (κ1) is 8.60. The number of rotatable bonds is 0. The minimum Gasteiger partial charge on any atom is -0.327 e. The van der Waals surface area contributed by atoms with Crippen molar-refractivity contribution in [3.05, 3.63) is 0 Å². The molecule has 0 aromatic heterocycles. The van der Waals surface area contributed by atoms with Gasteiger partial charge in [0.1, 0.15) is 0 Å². The lowest BCUT2D eigenvalue weighted by atomic mass is 10.2. The van der Waals surface area contributed by atoms with Gasteiger partial charge in [0.05, 0.1) is 0 Å². The lowest BCUT2D eigenvalue weighted by molar-refractivity contribution is 0.648. The van der Waals surface area contributed by atoms with Crippen LogP contribution in [-0.4, -0.2) is 17.5 Å². The van der Waals surface area contributed by atoms with Crippen molar-refractivity contribution in [2.75, 3.05) is 11.5 Å². The van der Waals surface area contributed by atoms with E-state index in [2.05, 4.69) is 0 Å². The van der Waals surface area contributed by atoms with Crippen LogP contribution in [0.15, 0.2) is 0 Å². The summed E-state index contributed by atoms with van der Waals surface area (Å²) >= 11 is 1.98. The average molecular weight is 154 g/mol. The van der Waals surface area contributed by atoms with Crippen LogP contribution in [-0.2, 0) is 0 Å². The van der Waals surface area contributed by atoms with Crippen molar-refractivity contribution in [1.82, 2.24) is 0 Å². The van der Waals surface area contributed by atoms with Crippen LogP contribution in [0.25, 0.3) is 0 Å². The van der Waals surface area contributed by atoms with Crippen LogP contribution in [0.1, 0.15) is 12.8 Å². The third-order valence-corrected chi connectivity index (χ3v) is 2.44. The molecule has 1 heterocycles. The molecule has 1 aliphatic rings. The zero-order valence-electron chi connectivity index (χ0n) is 4.80. The Kier molecular flexibility index (Phi) is 4.81. The van der Waals surface area contributed by atoms with Crippen LogP contribution in [0.3, 0.4) is 0 Å². The second kappa shape index (κ2) is 4.48. The van der Waals surface area contributed by atoms with E-state index in [4.69, 9.17) is 5.73 Å². The highest BCUT2D eigenvalue weighted by Gasteiger charge is 2.06. The monoisotopic (exact) mass is 153 g/mol. The van der Waals surface area contributed by atoms with Gasteiger partial charge in [-0.25, -0.2) is 0 Å². The molecular formula is C5H12ClNS. The van der Waals surface area contributed by atoms with E-state index in [1.807, 2.05) is 11.8 Å². The summed E-state index contributed by atoms with van der Waals surface area (Å²) in [6.07, 6.45) is 2.57. The Labute approximate surface area is 60.8 Å². The van der Waals surface area contributed by atoms with Gasteiger partial charge in [-0.3, -0.25) is 0 Å². The first-order chi connectivity index (χ1) is 3.39. The smallest absolute Gasteiger partial charge is 0.0130 e. The fourth-order valence-electron chi connectivity index (χ4n) is 0.766. The lowest BCUT2D eigenvalue weighted by Crippen LogP contribution is -2.25. The standard InChI is InChI=1S/C5H11NS.ClH/c6-5-2-1-3-7-4-5;/h5H,1-4,6H2;1H. The highest BCUT2D eigenvalue weighted by atomic mass is 35.5. The molecular weight excluding hydrogens is 142 g/mol. The summed E-state index contributed by atoms with van der Waals surface area (Å²) in [5.74, 6) is 2.51. The van der Waals surface area contributed by atoms with Gasteiger partial charge >= 0.3 is 0 Å². The van der Waals surface area contributed by atoms with E-state index < -0.39 is 0 Å². The molecule has 8 heavy (non-hydrogen) atoms. The number of hydrogen-bond acceptors (Lipinski definition) is 2. The Morgan fingerprint density at radius 1 is 1.50 bits per heavy atom. The fraction of sp³-hybridized carbons (Fsp3) is 1.00. The summed E-state index contributed by atoms with van der Waals surface area (Å²) in [6.45, 7) is 0. The second-order valence-corrected chi connectivity index (χ2v) is 3.13. The van der Waals surface area contributed by atoms with Gasteiger partial charge in [-0.2, -0.15) is 11.8 Å². The molecule has 1 nitrogen and oxygen atoms in total. The molecule has 1 aliphatic heterocycles. The molecule has 1 rings (SSSR count). The van der Waals surface area contributed by atoms with Crippen molar-refractivity contribution < 1.29 is 0 Å². The van der Waals surface area contributed by atoms with Crippen LogP contribution in [0.2, 0.25) is 0 Å². The average Bonchev–Trinajstić information content (AvgIpc) is 1.69. The molecule has 0 bridgehead atoms. The molecule has 0 saturated carbocycles. The molecule has 0 aromatic carbocycles. The van der Waals surface area contributed by atoms with E-state index >= 15 is 0 Å². The van der Waals surface area contributed by atoms with Crippen molar-refractivity contribution >= 4 is 24.2 Å². The molecule has 0 amide bonds. The van der Waals surface area contributed by atoms with Gasteiger partial charge < -0.3 is 5.73 Å². The van der Waals surface area contributed by atoms with Crippen LogP contribution < -0.4 is 5.73 Å². The maximum atomic E-state index is 5.61. The molecule has 2 N–H and O–H groups in total. The van der Waals surface area contributed by atoms with E-state index in [0.717, 1.165) is 0 Å². The third kappa shape index (κ3) is 2.80. The molecule has 50 valence electrons. The van der Waals surface area contributed by atoms with Crippen LogP contribution in [0, 0.1) is 0 Å². The van der Waals surface area contributed by atoms with E-state index in [-0.39, 0.29) is 12.4 Å². The third-order valence-electron chi connectivity index (χ3n) is 1.20. The molecule has 0 aromatic rings. The van der Waals surface area contributed by atoms with E-state index in [1.54, 1.807) is 0 Å². The van der Waals surface area contributed by atoms with Crippen LogP contribution in [0.4, 0.5) is 0 Å². The molecule has 0 spiro atoms. The molecule has 1 atom stereocenters. The van der Waals surface area contributed by atoms with E-state index in [0.29, 0.717) is 6.04 Å². The number of halogens is 1. The Morgan fingerprint density at radius 2 is 2.25 bits per heavy atom. The normalized spacial score (nSPS) is 28.9. The van der Waals surface area contributed by atoms with Gasteiger partial charge in [0.25, 0.3) is 0 Å². The minimum absolute atomic E-state index is 0. The van der Waals surface area contributed by atoms with Gasteiger partial charge in [0.15, 0.2) is 0 Å². The molecule has 1 saturated heterocycles. The largest absolute Gasteiger partial charge is 0.327 e. The zero-order chi connectivity index (χ0) is 5.11. The first-order valence-electron chi connectivity index (χ1n) is 2.73. The molecule has 1 fully saturated rings. The fourth-order valence-corrected chi connectivity index (χ4v) is 1.77. The van der Waals surface area contributed by atoms with Crippen molar-refractivity contribution in [3.63, 3.8) is 0 Å². The quantitative estimate of drug-likeness (QED) is 0.567. The summed E-state index contributed by atoms with van der Waals surface area (Å²) in [5.41, 5.74) is 5.61. The Morgan fingerprint density at radius 3 is 2.50 bits per heavy atom. The highest BCUT2D eigenvalue weighted by molar-refractivity contribution is 7.99. The first-order valence-corrected chi connectivity index (χ1v) is 3.88. The van der Waals surface area contributed by atoms with Crippen molar-refractivity contribution in [3.8, 4) is 0 Å². The minimum atomic E-state index is 0. The van der Waals surface area contributed by atoms with Gasteiger partial charge in [0, 0.05) is 11.8 Å². The SMILES string of the molecule is Cl.NC1CCCSC1. The van der Waals surface area contributed by atoms with Crippen LogP contribution >= 0.6 is 24.2 Å². The zero-order valence-corrected chi connectivity index (χ0v) is 6.43. The van der Waals surface area contributed by atoms with Gasteiger partial charge in [-0.15, -0.1) is 12.4 Å². The second-order valence-electron chi connectivity index (χ2n) is 1.98. The van der Waals surface area contributed by atoms with Crippen molar-refractivity contribution in [2.45, 2.75) is 18.9 Å². The maximum absolute atomic E-state index is 5.61. The number of hydrogen-bond donors (Lipinski definition) is 1. The van der Waals surface area contributed by atoms with E-state index in [9.17, 15) is 0 Å². The molecule has 0 radical (unpaired) electrons. The van der Waals surface area contributed by atoms with Gasteiger partial charge in [-0.05, 0) is 18.6 Å². The highest BCUT2D eigenvalue weighted by Crippen LogP contribution is 2.14. The topological polar surface area (TPSA) is 26.0 Å². The Bertz CT molecular complexity index is 54.4. The molecule has 0 aliphatic carbocycles. The summed E-state index contributed by atoms with van der Waals surface area (Å²) in [7, 11) is 0. The predicted octanol–water partition coefficient (Wildman–Crippen LogP) is 1.26. The molecule has 1 unspecified atom stereocenters. The molecule has 3 heteroatoms. The van der Waals surface area contributed by atoms with Crippen LogP contribution in [0.5, 0.6) is 0 Å². The summed E-state index contributed by atoms with van der Waals surface area (Å²) < 4.78 is 0. The Balaban J connectivity index is 0.000000490. The van der Waals surface area contributed by atoms with Crippen molar-refractivity contribution in [1.29, 1.82) is 0 Å². The number of thioether (sulfide) groups is 1. The maximum Gasteiger partial charge on any atom is 0.0130 e. The lowest BCUT2D eigenvalue weighted by Gasteiger charge is -2.15. The summed E-state index contributed by atoms with van der Waals surface area (Å²) in [4.78, 5) is 0. The number of nitrogens with two attached hydrogens (primary N) is 1. The predicted molar refractivity (Wildman–Crippen MR) is 41.8 cm³/mol. The Hall–Kier alpha value is 0.600. The summed E-state index contributed by atoms with van der Waals surface area (Å²) in [6, 6.07) is 0.499. The van der Waals surface area contributed by atoms with Crippen molar-refractivity contribution in [2.24, 2.45) is 5.73 Å². The van der Waals surface area contributed by atoms with Gasteiger partial charge in [0.2, 0.25) is 0 Å².